The molecule has 2 amide bonds. The molecule has 31 heavy (non-hydrogen) atoms. The third-order valence-corrected chi connectivity index (χ3v) is 7.33. The van der Waals surface area contributed by atoms with Gasteiger partial charge in [-0.1, -0.05) is 19.9 Å². The van der Waals surface area contributed by atoms with E-state index in [-0.39, 0.29) is 10.4 Å². The molecule has 0 saturated heterocycles. The number of urea groups is 1. The number of amides is 2. The monoisotopic (exact) mass is 443 g/mol. The van der Waals surface area contributed by atoms with E-state index in [0.29, 0.717) is 5.69 Å². The predicted octanol–water partition coefficient (Wildman–Crippen LogP) is 3.35. The van der Waals surface area contributed by atoms with Gasteiger partial charge in [0.05, 0.1) is 17.1 Å². The Kier molecular flexibility index (Phi) is 5.19. The molecule has 4 N–H and O–H groups in total. The Morgan fingerprint density at radius 3 is 2.68 bits per heavy atom. The van der Waals surface area contributed by atoms with E-state index < -0.39 is 21.5 Å². The molecule has 0 saturated carbocycles. The van der Waals surface area contributed by atoms with Crippen LogP contribution in [0.1, 0.15) is 68.7 Å². The molecule has 1 unspecified atom stereocenters. The third kappa shape index (κ3) is 4.09. The van der Waals surface area contributed by atoms with E-state index in [2.05, 4.69) is 28.5 Å². The molecular weight excluding hydrogens is 414 g/mol. The zero-order valence-electron chi connectivity index (χ0n) is 18.4. The number of carbonyl (C=O) groups excluding carboxylic acids is 1. The highest BCUT2D eigenvalue weighted by molar-refractivity contribution is 7.91. The first-order chi connectivity index (χ1) is 14.4. The van der Waals surface area contributed by atoms with Crippen molar-refractivity contribution in [1.82, 2.24) is 9.97 Å². The maximum Gasteiger partial charge on any atom is 0.354 e. The Hall–Kier alpha value is -2.36. The smallest absolute Gasteiger partial charge is 0.354 e. The lowest BCUT2D eigenvalue weighted by atomic mass is 9.90. The fourth-order valence-electron chi connectivity index (χ4n) is 4.35. The van der Waals surface area contributed by atoms with Gasteiger partial charge in [-0.25, -0.2) is 19.1 Å². The standard InChI is InChI=1S/C22H29N5O3S/c1-21(2)12-11-14-18(13-7-5-8-15(13)24-19(14)21)26-20(28)27-31(23,30)17-10-6-9-16(25-17)22(3,4)29/h6,9-10,29H,5,7-8,11-12H2,1-4H3,(H3,23,24,26,27,28,30). The quantitative estimate of drug-likeness (QED) is 0.669. The molecule has 4 rings (SSSR count). The minimum Gasteiger partial charge on any atom is -0.384 e. The normalized spacial score (nSPS) is 18.8. The first-order valence-electron chi connectivity index (χ1n) is 10.5. The predicted molar refractivity (Wildman–Crippen MR) is 119 cm³/mol. The van der Waals surface area contributed by atoms with Crippen LogP contribution in [-0.2, 0) is 40.2 Å². The van der Waals surface area contributed by atoms with Gasteiger partial charge in [-0.3, -0.25) is 4.98 Å². The van der Waals surface area contributed by atoms with Crippen LogP contribution in [0.25, 0.3) is 0 Å². The number of aryl methyl sites for hydroxylation is 1. The van der Waals surface area contributed by atoms with Crippen molar-refractivity contribution in [2.45, 2.75) is 75.8 Å². The van der Waals surface area contributed by atoms with Crippen molar-refractivity contribution in [3.8, 4) is 0 Å². The van der Waals surface area contributed by atoms with Gasteiger partial charge in [-0.05, 0) is 69.2 Å². The molecule has 1 atom stereocenters. The molecule has 2 aliphatic carbocycles. The van der Waals surface area contributed by atoms with E-state index >= 15 is 0 Å². The van der Waals surface area contributed by atoms with Crippen molar-refractivity contribution in [3.05, 3.63) is 46.4 Å². The molecule has 2 aromatic heterocycles. The third-order valence-electron chi connectivity index (χ3n) is 6.07. The molecule has 0 spiro atoms. The number of fused-ring (bicyclic) bond motifs is 2. The summed E-state index contributed by atoms with van der Waals surface area (Å²) in [6.07, 6.45) is 4.51. The first kappa shape index (κ1) is 21.9. The zero-order chi connectivity index (χ0) is 22.6. The van der Waals surface area contributed by atoms with Gasteiger partial charge in [-0.2, -0.15) is 0 Å². The van der Waals surface area contributed by atoms with Gasteiger partial charge in [0.2, 0.25) is 0 Å². The van der Waals surface area contributed by atoms with Gasteiger partial charge >= 0.3 is 6.03 Å². The number of carbonyl (C=O) groups is 1. The Balaban J connectivity index is 1.70. The highest BCUT2D eigenvalue weighted by Crippen LogP contribution is 2.44. The van der Waals surface area contributed by atoms with Gasteiger partial charge in [0.25, 0.3) is 0 Å². The van der Waals surface area contributed by atoms with Crippen LogP contribution in [0.3, 0.4) is 0 Å². The summed E-state index contributed by atoms with van der Waals surface area (Å²) in [4.78, 5) is 21.9. The highest BCUT2D eigenvalue weighted by Gasteiger charge is 2.36. The number of pyridine rings is 2. The summed E-state index contributed by atoms with van der Waals surface area (Å²) in [6, 6.07) is 3.86. The van der Waals surface area contributed by atoms with E-state index in [1.807, 2.05) is 0 Å². The molecule has 2 aliphatic rings. The highest BCUT2D eigenvalue weighted by atomic mass is 32.2. The lowest BCUT2D eigenvalue weighted by molar-refractivity contribution is 0.0732. The molecular formula is C22H29N5O3S. The van der Waals surface area contributed by atoms with Crippen molar-refractivity contribution >= 4 is 21.6 Å². The van der Waals surface area contributed by atoms with Crippen LogP contribution in [0, 0.1) is 0 Å². The summed E-state index contributed by atoms with van der Waals surface area (Å²) < 4.78 is 16.8. The molecule has 0 fully saturated rings. The minimum atomic E-state index is -3.59. The maximum atomic E-state index is 13.0. The van der Waals surface area contributed by atoms with Crippen molar-refractivity contribution in [1.29, 1.82) is 0 Å². The van der Waals surface area contributed by atoms with E-state index in [1.165, 1.54) is 6.07 Å². The largest absolute Gasteiger partial charge is 0.384 e. The molecule has 166 valence electrons. The molecule has 8 nitrogen and oxygen atoms in total. The van der Waals surface area contributed by atoms with Crippen LogP contribution in [0.2, 0.25) is 0 Å². The second kappa shape index (κ2) is 7.36. The van der Waals surface area contributed by atoms with Crippen LogP contribution in [0.5, 0.6) is 0 Å². The van der Waals surface area contributed by atoms with Gasteiger partial charge in [0.15, 0.2) is 14.9 Å². The van der Waals surface area contributed by atoms with Crippen molar-refractivity contribution in [2.75, 3.05) is 5.32 Å². The number of nitrogens with one attached hydrogen (secondary N) is 1. The summed E-state index contributed by atoms with van der Waals surface area (Å²) in [6.45, 7) is 7.45. The van der Waals surface area contributed by atoms with E-state index in [1.54, 1.807) is 26.0 Å². The van der Waals surface area contributed by atoms with Crippen molar-refractivity contribution < 1.29 is 14.1 Å². The molecule has 2 aromatic rings. The van der Waals surface area contributed by atoms with Crippen LogP contribution < -0.4 is 10.5 Å². The van der Waals surface area contributed by atoms with Crippen LogP contribution in [0.15, 0.2) is 27.6 Å². The van der Waals surface area contributed by atoms with E-state index in [4.69, 9.17) is 10.1 Å². The van der Waals surface area contributed by atoms with Crippen LogP contribution >= 0.6 is 0 Å². The van der Waals surface area contributed by atoms with Crippen LogP contribution in [0.4, 0.5) is 10.5 Å². The van der Waals surface area contributed by atoms with Gasteiger partial charge in [-0.15, -0.1) is 4.36 Å². The van der Waals surface area contributed by atoms with Crippen LogP contribution in [-0.4, -0.2) is 25.3 Å². The van der Waals surface area contributed by atoms with E-state index in [0.717, 1.165) is 60.3 Å². The number of nitrogens with two attached hydrogens (primary N) is 1. The topological polar surface area (TPSA) is 131 Å². The zero-order valence-corrected chi connectivity index (χ0v) is 19.2. The summed E-state index contributed by atoms with van der Waals surface area (Å²) >= 11 is 0. The number of anilines is 1. The second-order valence-corrected chi connectivity index (χ2v) is 11.2. The summed E-state index contributed by atoms with van der Waals surface area (Å²) in [7, 11) is -3.59. The average molecular weight is 444 g/mol. The SMILES string of the molecule is CC(C)(O)c1cccc(S(N)(=O)=NC(=O)Nc2c3c(nc4c2CCC4(C)C)CCC3)n1. The number of aliphatic hydroxyl groups is 1. The molecule has 0 radical (unpaired) electrons. The number of hydrogen-bond donors (Lipinski definition) is 3. The minimum absolute atomic E-state index is 0.0476. The molecule has 0 aliphatic heterocycles. The maximum absolute atomic E-state index is 13.0. The average Bonchev–Trinajstić information content (AvgIpc) is 3.25. The molecule has 2 heterocycles. The lowest BCUT2D eigenvalue weighted by Crippen LogP contribution is -2.23. The Morgan fingerprint density at radius 1 is 1.23 bits per heavy atom. The van der Waals surface area contributed by atoms with Crippen molar-refractivity contribution in [2.24, 2.45) is 9.50 Å². The number of hydrogen-bond acceptors (Lipinski definition) is 5. The first-order valence-corrected chi connectivity index (χ1v) is 12.1. The Bertz CT molecular complexity index is 1190. The number of nitrogens with zero attached hydrogens (tertiary/aromatic N) is 3. The molecule has 0 aromatic carbocycles. The number of rotatable bonds is 3. The van der Waals surface area contributed by atoms with Gasteiger partial charge in [0, 0.05) is 11.1 Å². The van der Waals surface area contributed by atoms with Gasteiger partial charge in [0.1, 0.15) is 5.60 Å². The summed E-state index contributed by atoms with van der Waals surface area (Å²) in [5, 5.41) is 18.9. The second-order valence-electron chi connectivity index (χ2n) is 9.49. The Morgan fingerprint density at radius 2 is 1.97 bits per heavy atom. The Labute approximate surface area is 183 Å². The molecule has 0 bridgehead atoms. The fourth-order valence-corrected chi connectivity index (χ4v) is 5.24. The van der Waals surface area contributed by atoms with Crippen molar-refractivity contribution in [3.63, 3.8) is 0 Å². The van der Waals surface area contributed by atoms with Gasteiger partial charge < -0.3 is 10.4 Å². The summed E-state index contributed by atoms with van der Waals surface area (Å²) in [5.41, 5.74) is 3.90. The summed E-state index contributed by atoms with van der Waals surface area (Å²) in [5.74, 6) is 0. The lowest BCUT2D eigenvalue weighted by Gasteiger charge is -2.20. The fraction of sp³-hybridized carbons (Fsp3) is 0.500. The molecule has 9 heteroatoms. The van der Waals surface area contributed by atoms with E-state index in [9.17, 15) is 14.1 Å². The number of aromatic nitrogens is 2.